The van der Waals surface area contributed by atoms with Crippen molar-refractivity contribution in [1.29, 1.82) is 0 Å². The Morgan fingerprint density at radius 2 is 2.47 bits per heavy atom. The predicted molar refractivity (Wildman–Crippen MR) is 65.7 cm³/mol. The lowest BCUT2D eigenvalue weighted by atomic mass is 9.95. The van der Waals surface area contributed by atoms with Gasteiger partial charge in [0, 0.05) is 24.8 Å². The minimum atomic E-state index is 0.481. The number of hydrogen-bond donors (Lipinski definition) is 1. The van der Waals surface area contributed by atoms with Crippen molar-refractivity contribution in [3.05, 3.63) is 17.5 Å². The molecule has 0 amide bonds. The zero-order valence-corrected chi connectivity index (χ0v) is 10.7. The normalized spacial score (nSPS) is 22.6. The van der Waals surface area contributed by atoms with Gasteiger partial charge in [-0.3, -0.25) is 0 Å². The topological polar surface area (TPSA) is 47.3 Å². The van der Waals surface area contributed by atoms with Crippen LogP contribution in [0, 0.1) is 5.92 Å². The van der Waals surface area contributed by atoms with Gasteiger partial charge in [0.25, 0.3) is 0 Å². The Kier molecular flexibility index (Phi) is 4.57. The maximum absolute atomic E-state index is 5.51. The summed E-state index contributed by atoms with van der Waals surface area (Å²) in [7, 11) is 0. The van der Waals surface area contributed by atoms with Gasteiger partial charge in [0.15, 0.2) is 0 Å². The summed E-state index contributed by atoms with van der Waals surface area (Å²) in [6.07, 6.45) is 5.12. The van der Waals surface area contributed by atoms with Crippen LogP contribution < -0.4 is 5.32 Å². The molecule has 2 rings (SSSR count). The number of nitrogens with zero attached hydrogens (tertiary/aromatic N) is 1. The van der Waals surface area contributed by atoms with Crippen molar-refractivity contribution in [2.45, 2.75) is 45.7 Å². The number of ether oxygens (including phenoxy) is 1. The Morgan fingerprint density at radius 3 is 3.18 bits per heavy atom. The lowest BCUT2D eigenvalue weighted by Gasteiger charge is -2.28. The molecule has 2 atom stereocenters. The molecule has 0 aromatic carbocycles. The molecule has 1 aromatic rings. The molecular formula is C13H22N2O2. The fraction of sp³-hybridized carbons (Fsp3) is 0.769. The lowest BCUT2D eigenvalue weighted by Crippen LogP contribution is -2.37. The van der Waals surface area contributed by atoms with Gasteiger partial charge in [-0.25, -0.2) is 0 Å². The number of aromatic nitrogens is 1. The molecule has 0 radical (unpaired) electrons. The maximum atomic E-state index is 5.51. The molecule has 1 N–H and O–H groups in total. The molecule has 0 unspecified atom stereocenters. The molecule has 0 spiro atoms. The summed E-state index contributed by atoms with van der Waals surface area (Å²) in [4.78, 5) is 0. The number of rotatable bonds is 5. The first-order valence-electron chi connectivity index (χ1n) is 6.54. The molecule has 4 nitrogen and oxygen atoms in total. The van der Waals surface area contributed by atoms with Gasteiger partial charge in [-0.15, -0.1) is 0 Å². The molecule has 1 saturated heterocycles. The third-order valence-electron chi connectivity index (χ3n) is 3.58. The van der Waals surface area contributed by atoms with E-state index in [-0.39, 0.29) is 0 Å². The van der Waals surface area contributed by atoms with Crippen molar-refractivity contribution < 1.29 is 9.26 Å². The first-order valence-corrected chi connectivity index (χ1v) is 6.54. The second-order valence-electron chi connectivity index (χ2n) is 4.79. The van der Waals surface area contributed by atoms with Crippen molar-refractivity contribution in [2.24, 2.45) is 5.92 Å². The van der Waals surface area contributed by atoms with Gasteiger partial charge in [-0.05, 0) is 32.1 Å². The van der Waals surface area contributed by atoms with E-state index in [0.29, 0.717) is 12.0 Å². The largest absolute Gasteiger partial charge is 0.381 e. The molecule has 96 valence electrons. The third-order valence-corrected chi connectivity index (χ3v) is 3.58. The zero-order valence-electron chi connectivity index (χ0n) is 10.7. The number of hydrogen-bond acceptors (Lipinski definition) is 4. The van der Waals surface area contributed by atoms with Crippen LogP contribution >= 0.6 is 0 Å². The molecule has 2 heterocycles. The molecule has 17 heavy (non-hydrogen) atoms. The van der Waals surface area contributed by atoms with Crippen molar-refractivity contribution in [3.8, 4) is 0 Å². The molecule has 0 saturated carbocycles. The summed E-state index contributed by atoms with van der Waals surface area (Å²) in [5.41, 5.74) is 2.24. The Morgan fingerprint density at radius 1 is 1.59 bits per heavy atom. The highest BCUT2D eigenvalue weighted by Gasteiger charge is 2.20. The van der Waals surface area contributed by atoms with E-state index in [9.17, 15) is 0 Å². The summed E-state index contributed by atoms with van der Waals surface area (Å²) in [6.45, 7) is 6.98. The van der Waals surface area contributed by atoms with Gasteiger partial charge in [-0.2, -0.15) is 0 Å². The predicted octanol–water partition coefficient (Wildman–Crippen LogP) is 2.14. The Balaban J connectivity index is 1.80. The number of nitrogens with one attached hydrogen (secondary N) is 1. The van der Waals surface area contributed by atoms with Crippen LogP contribution in [0.2, 0.25) is 0 Å². The Bertz CT molecular complexity index is 332. The Labute approximate surface area is 103 Å². The van der Waals surface area contributed by atoms with Gasteiger partial charge in [-0.1, -0.05) is 12.1 Å². The third kappa shape index (κ3) is 3.30. The van der Waals surface area contributed by atoms with Crippen LogP contribution in [0.4, 0.5) is 0 Å². The number of aryl methyl sites for hydroxylation is 1. The zero-order chi connectivity index (χ0) is 12.1. The molecular weight excluding hydrogens is 216 g/mol. The van der Waals surface area contributed by atoms with E-state index in [0.717, 1.165) is 31.9 Å². The second-order valence-corrected chi connectivity index (χ2v) is 4.79. The van der Waals surface area contributed by atoms with Crippen LogP contribution in [0.1, 0.15) is 37.9 Å². The van der Waals surface area contributed by atoms with E-state index in [1.807, 2.05) is 0 Å². The fourth-order valence-electron chi connectivity index (χ4n) is 2.31. The summed E-state index contributed by atoms with van der Waals surface area (Å²) in [6, 6.07) is 0.481. The average Bonchev–Trinajstić information content (AvgIpc) is 2.84. The molecule has 1 aliphatic heterocycles. The Hall–Kier alpha value is -0.870. The van der Waals surface area contributed by atoms with Gasteiger partial charge in [0.2, 0.25) is 0 Å². The molecule has 0 bridgehead atoms. The van der Waals surface area contributed by atoms with Crippen LogP contribution in [-0.2, 0) is 17.7 Å². The smallest absolute Gasteiger partial charge is 0.128 e. The van der Waals surface area contributed by atoms with Gasteiger partial charge in [0.05, 0.1) is 12.3 Å². The average molecular weight is 238 g/mol. The highest BCUT2D eigenvalue weighted by molar-refractivity contribution is 5.14. The summed E-state index contributed by atoms with van der Waals surface area (Å²) >= 11 is 0. The van der Waals surface area contributed by atoms with Crippen LogP contribution in [0.15, 0.2) is 10.8 Å². The minimum Gasteiger partial charge on any atom is -0.381 e. The lowest BCUT2D eigenvalue weighted by molar-refractivity contribution is 0.0417. The van der Waals surface area contributed by atoms with Gasteiger partial charge >= 0.3 is 0 Å². The summed E-state index contributed by atoms with van der Waals surface area (Å²) in [5.74, 6) is 0.633. The summed E-state index contributed by atoms with van der Waals surface area (Å²) < 4.78 is 10.5. The highest BCUT2D eigenvalue weighted by Crippen LogP contribution is 2.18. The first kappa shape index (κ1) is 12.6. The van der Waals surface area contributed by atoms with Crippen LogP contribution in [0.5, 0.6) is 0 Å². The quantitative estimate of drug-likeness (QED) is 0.853. The minimum absolute atomic E-state index is 0.481. The molecule has 4 heteroatoms. The van der Waals surface area contributed by atoms with E-state index in [4.69, 9.17) is 9.26 Å². The van der Waals surface area contributed by atoms with Crippen LogP contribution in [-0.4, -0.2) is 24.4 Å². The van der Waals surface area contributed by atoms with Gasteiger partial charge in [0.1, 0.15) is 6.26 Å². The first-order chi connectivity index (χ1) is 8.31. The van der Waals surface area contributed by atoms with Gasteiger partial charge < -0.3 is 14.6 Å². The SMILES string of the molecule is CCc1nocc1CN[C@H](C)[C@@H]1CCCOC1. The maximum Gasteiger partial charge on any atom is 0.128 e. The van der Waals surface area contributed by atoms with Crippen LogP contribution in [0.25, 0.3) is 0 Å². The highest BCUT2D eigenvalue weighted by atomic mass is 16.5. The monoisotopic (exact) mass is 238 g/mol. The molecule has 1 aliphatic rings. The molecule has 0 aliphatic carbocycles. The van der Waals surface area contributed by atoms with Crippen molar-refractivity contribution in [1.82, 2.24) is 10.5 Å². The van der Waals surface area contributed by atoms with E-state index >= 15 is 0 Å². The standard InChI is InChI=1S/C13H22N2O2/c1-3-13-12(9-17-15-13)7-14-10(2)11-5-4-6-16-8-11/h9-11,14H,3-8H2,1-2H3/t10-,11-/m1/s1. The van der Waals surface area contributed by atoms with Crippen LogP contribution in [0.3, 0.4) is 0 Å². The van der Waals surface area contributed by atoms with E-state index in [1.54, 1.807) is 6.26 Å². The summed E-state index contributed by atoms with van der Waals surface area (Å²) in [5, 5.41) is 7.53. The van der Waals surface area contributed by atoms with E-state index in [2.05, 4.69) is 24.3 Å². The van der Waals surface area contributed by atoms with Crippen molar-refractivity contribution >= 4 is 0 Å². The van der Waals surface area contributed by atoms with Crippen molar-refractivity contribution in [2.75, 3.05) is 13.2 Å². The fourth-order valence-corrected chi connectivity index (χ4v) is 2.31. The van der Waals surface area contributed by atoms with E-state index in [1.165, 1.54) is 18.4 Å². The molecule has 1 fully saturated rings. The van der Waals surface area contributed by atoms with E-state index < -0.39 is 0 Å². The second kappa shape index (κ2) is 6.17. The van der Waals surface area contributed by atoms with Crippen molar-refractivity contribution in [3.63, 3.8) is 0 Å². The molecule has 1 aromatic heterocycles.